The van der Waals surface area contributed by atoms with Crippen LogP contribution in [-0.4, -0.2) is 29.9 Å². The summed E-state index contributed by atoms with van der Waals surface area (Å²) in [7, 11) is 0. The van der Waals surface area contributed by atoms with Crippen molar-refractivity contribution >= 4 is 11.9 Å². The Balaban J connectivity index is 1.28. The molecule has 0 bridgehead atoms. The standard InChI is InChI=1S/C27H21F2NO7/c1-26(13-34-21-12-23-22(10-17(21)26)36-27(28,29)37-23)25(33)30-18-11-20(35-19-5-3-2-4-16(18)19)14-6-8-15(9-7-14)24(31)32/h2-10,12,18,20H,11,13H2,1H3,(H,30,33)(H,31,32)/t18-,20-,26+/m1/s1. The number of carboxylic acids is 1. The molecule has 3 aliphatic heterocycles. The van der Waals surface area contributed by atoms with Crippen molar-refractivity contribution in [2.24, 2.45) is 0 Å². The third-order valence-electron chi connectivity index (χ3n) is 6.96. The minimum Gasteiger partial charge on any atom is -0.492 e. The average Bonchev–Trinajstić information content (AvgIpc) is 3.37. The number of aromatic carboxylic acids is 1. The zero-order chi connectivity index (χ0) is 25.9. The molecular weight excluding hydrogens is 488 g/mol. The van der Waals surface area contributed by atoms with Gasteiger partial charge < -0.3 is 29.4 Å². The third-order valence-corrected chi connectivity index (χ3v) is 6.96. The maximum Gasteiger partial charge on any atom is 0.586 e. The van der Waals surface area contributed by atoms with E-state index in [1.165, 1.54) is 24.3 Å². The Kier molecular flexibility index (Phi) is 5.05. The Morgan fingerprint density at radius 1 is 0.973 bits per heavy atom. The van der Waals surface area contributed by atoms with Crippen LogP contribution in [0.4, 0.5) is 8.78 Å². The first-order valence-electron chi connectivity index (χ1n) is 11.6. The van der Waals surface area contributed by atoms with Crippen molar-refractivity contribution in [3.63, 3.8) is 0 Å². The number of halogens is 2. The minimum absolute atomic E-state index is 0.0123. The number of alkyl halides is 2. The van der Waals surface area contributed by atoms with Gasteiger partial charge in [-0.05, 0) is 36.8 Å². The number of para-hydroxylation sites is 1. The van der Waals surface area contributed by atoms with E-state index in [1.54, 1.807) is 19.1 Å². The molecule has 0 saturated carbocycles. The van der Waals surface area contributed by atoms with Gasteiger partial charge in [-0.25, -0.2) is 4.79 Å². The fourth-order valence-electron chi connectivity index (χ4n) is 4.93. The van der Waals surface area contributed by atoms with E-state index in [-0.39, 0.29) is 35.3 Å². The number of nitrogens with one attached hydrogen (secondary N) is 1. The second-order valence-electron chi connectivity index (χ2n) is 9.42. The van der Waals surface area contributed by atoms with Crippen LogP contribution in [0.1, 0.15) is 52.5 Å². The molecule has 0 unspecified atom stereocenters. The highest BCUT2D eigenvalue weighted by atomic mass is 19.3. The van der Waals surface area contributed by atoms with Gasteiger partial charge in [0.2, 0.25) is 5.91 Å². The minimum atomic E-state index is -3.78. The zero-order valence-electron chi connectivity index (χ0n) is 19.5. The van der Waals surface area contributed by atoms with Crippen molar-refractivity contribution in [2.45, 2.75) is 37.2 Å². The Morgan fingerprint density at radius 3 is 2.41 bits per heavy atom. The third kappa shape index (κ3) is 3.89. The molecule has 3 aliphatic rings. The van der Waals surface area contributed by atoms with Crippen LogP contribution in [0, 0.1) is 0 Å². The van der Waals surface area contributed by atoms with Crippen molar-refractivity contribution in [1.82, 2.24) is 5.32 Å². The highest BCUT2D eigenvalue weighted by Gasteiger charge is 2.49. The molecule has 190 valence electrons. The molecule has 0 radical (unpaired) electrons. The number of hydrogen-bond acceptors (Lipinski definition) is 6. The predicted octanol–water partition coefficient (Wildman–Crippen LogP) is 4.74. The maximum absolute atomic E-state index is 13.7. The molecular formula is C27H21F2NO7. The molecule has 3 aromatic rings. The number of benzene rings is 3. The fourth-order valence-corrected chi connectivity index (χ4v) is 4.93. The van der Waals surface area contributed by atoms with Gasteiger partial charge in [-0.2, -0.15) is 0 Å². The topological polar surface area (TPSA) is 103 Å². The van der Waals surface area contributed by atoms with Gasteiger partial charge >= 0.3 is 12.3 Å². The number of ether oxygens (including phenoxy) is 4. The van der Waals surface area contributed by atoms with Crippen LogP contribution >= 0.6 is 0 Å². The van der Waals surface area contributed by atoms with Crippen molar-refractivity contribution < 1.29 is 42.4 Å². The number of carbonyl (C=O) groups excluding carboxylic acids is 1. The number of carbonyl (C=O) groups is 2. The summed E-state index contributed by atoms with van der Waals surface area (Å²) >= 11 is 0. The average molecular weight is 509 g/mol. The van der Waals surface area contributed by atoms with Crippen molar-refractivity contribution in [2.75, 3.05) is 6.61 Å². The molecule has 37 heavy (non-hydrogen) atoms. The van der Waals surface area contributed by atoms with Gasteiger partial charge in [-0.3, -0.25) is 4.79 Å². The SMILES string of the molecule is C[C@]1(C(=O)N[C@@H]2C[C@H](c3ccc(C(=O)O)cc3)Oc3ccccc32)COc2cc3c(cc21)OC(F)(F)O3. The van der Waals surface area contributed by atoms with Crippen molar-refractivity contribution in [3.8, 4) is 23.0 Å². The van der Waals surface area contributed by atoms with Crippen LogP contribution in [-0.2, 0) is 10.2 Å². The van der Waals surface area contributed by atoms with Gasteiger partial charge in [-0.1, -0.05) is 30.3 Å². The van der Waals surface area contributed by atoms with E-state index in [1.807, 2.05) is 24.3 Å². The number of amides is 1. The van der Waals surface area contributed by atoms with Gasteiger partial charge in [0, 0.05) is 23.6 Å². The van der Waals surface area contributed by atoms with Gasteiger partial charge in [0.25, 0.3) is 0 Å². The quantitative estimate of drug-likeness (QED) is 0.524. The first kappa shape index (κ1) is 23.1. The van der Waals surface area contributed by atoms with Crippen LogP contribution in [0.3, 0.4) is 0 Å². The summed E-state index contributed by atoms with van der Waals surface area (Å²) in [5.41, 5.74) is 0.982. The molecule has 0 fully saturated rings. The Morgan fingerprint density at radius 2 is 1.68 bits per heavy atom. The normalized spacial score (nSPS) is 24.3. The highest BCUT2D eigenvalue weighted by Crippen LogP contribution is 2.50. The molecule has 10 heteroatoms. The molecule has 1 amide bonds. The number of fused-ring (bicyclic) bond motifs is 3. The van der Waals surface area contributed by atoms with Gasteiger partial charge in [-0.15, -0.1) is 8.78 Å². The number of hydrogen-bond donors (Lipinski definition) is 2. The molecule has 2 N–H and O–H groups in total. The van der Waals surface area contributed by atoms with E-state index >= 15 is 0 Å². The highest BCUT2D eigenvalue weighted by molar-refractivity contribution is 5.90. The molecule has 3 heterocycles. The van der Waals surface area contributed by atoms with E-state index in [4.69, 9.17) is 9.47 Å². The maximum atomic E-state index is 13.7. The van der Waals surface area contributed by atoms with Crippen LogP contribution in [0.15, 0.2) is 60.7 Å². The Labute approximate surface area is 209 Å². The second-order valence-corrected chi connectivity index (χ2v) is 9.42. The summed E-state index contributed by atoms with van der Waals surface area (Å²) in [6.07, 6.45) is -3.81. The summed E-state index contributed by atoms with van der Waals surface area (Å²) in [6.45, 7) is 1.69. The summed E-state index contributed by atoms with van der Waals surface area (Å²) < 4.78 is 48.1. The van der Waals surface area contributed by atoms with Crippen LogP contribution in [0.5, 0.6) is 23.0 Å². The van der Waals surface area contributed by atoms with E-state index in [9.17, 15) is 23.5 Å². The van der Waals surface area contributed by atoms with Gasteiger partial charge in [0.1, 0.15) is 29.6 Å². The van der Waals surface area contributed by atoms with E-state index < -0.39 is 29.8 Å². The summed E-state index contributed by atoms with van der Waals surface area (Å²) in [5, 5.41) is 12.3. The monoisotopic (exact) mass is 509 g/mol. The van der Waals surface area contributed by atoms with Gasteiger partial charge in [0.15, 0.2) is 11.5 Å². The first-order chi connectivity index (χ1) is 17.6. The lowest BCUT2D eigenvalue weighted by Crippen LogP contribution is -2.46. The molecule has 8 nitrogen and oxygen atoms in total. The molecule has 0 aliphatic carbocycles. The lowest BCUT2D eigenvalue weighted by atomic mass is 9.82. The lowest BCUT2D eigenvalue weighted by Gasteiger charge is -2.34. The van der Waals surface area contributed by atoms with Crippen LogP contribution < -0.4 is 24.3 Å². The molecule has 0 spiro atoms. The predicted molar refractivity (Wildman–Crippen MR) is 124 cm³/mol. The molecule has 3 aromatic carbocycles. The zero-order valence-corrected chi connectivity index (χ0v) is 19.5. The first-order valence-corrected chi connectivity index (χ1v) is 11.6. The summed E-state index contributed by atoms with van der Waals surface area (Å²) in [5.74, 6) is -0.798. The van der Waals surface area contributed by atoms with Crippen molar-refractivity contribution in [1.29, 1.82) is 0 Å². The molecule has 0 aromatic heterocycles. The van der Waals surface area contributed by atoms with E-state index in [2.05, 4.69) is 14.8 Å². The smallest absolute Gasteiger partial charge is 0.492 e. The number of carboxylic acid groups (broad SMARTS) is 1. The summed E-state index contributed by atoms with van der Waals surface area (Å²) in [4.78, 5) is 24.9. The molecule has 3 atom stereocenters. The van der Waals surface area contributed by atoms with E-state index in [0.29, 0.717) is 17.7 Å². The van der Waals surface area contributed by atoms with Crippen molar-refractivity contribution in [3.05, 3.63) is 82.9 Å². The van der Waals surface area contributed by atoms with Gasteiger partial charge in [0.05, 0.1) is 11.6 Å². The largest absolute Gasteiger partial charge is 0.586 e. The Bertz CT molecular complexity index is 1420. The number of rotatable bonds is 4. The van der Waals surface area contributed by atoms with Crippen LogP contribution in [0.2, 0.25) is 0 Å². The second kappa shape index (κ2) is 8.09. The fraction of sp³-hybridized carbons (Fsp3) is 0.259. The van der Waals surface area contributed by atoms with Crippen LogP contribution in [0.25, 0.3) is 0 Å². The Hall–Kier alpha value is -4.34. The summed E-state index contributed by atoms with van der Waals surface area (Å²) in [6, 6.07) is 16.0. The molecule has 6 rings (SSSR count). The van der Waals surface area contributed by atoms with E-state index in [0.717, 1.165) is 11.1 Å². The lowest BCUT2D eigenvalue weighted by molar-refractivity contribution is -0.286. The molecule has 0 saturated heterocycles.